The van der Waals surface area contributed by atoms with Crippen molar-refractivity contribution in [2.75, 3.05) is 13.7 Å². The highest BCUT2D eigenvalue weighted by Gasteiger charge is 2.48. The second kappa shape index (κ2) is 4.47. The fourth-order valence-electron chi connectivity index (χ4n) is 1.10. The van der Waals surface area contributed by atoms with E-state index >= 15 is 0 Å². The Bertz CT molecular complexity index is 270. The molecule has 0 amide bonds. The van der Waals surface area contributed by atoms with Crippen LogP contribution in [0, 0.1) is 0 Å². The van der Waals surface area contributed by atoms with Gasteiger partial charge in [0.1, 0.15) is 6.10 Å². The first kappa shape index (κ1) is 13.7. The topological polar surface area (TPSA) is 48.1 Å². The predicted octanol–water partition coefficient (Wildman–Crippen LogP) is 1.95. The Hall–Kier alpha value is -0.393. The third kappa shape index (κ3) is 3.05. The summed E-state index contributed by atoms with van der Waals surface area (Å²) in [6, 6.07) is 0. The number of hydrogen-bond donors (Lipinski definition) is 0. The fraction of sp³-hybridized carbons (Fsp3) is 0.909. The third-order valence-electron chi connectivity index (χ3n) is 3.43. The van der Waals surface area contributed by atoms with Gasteiger partial charge in [-0.05, 0) is 18.1 Å². The first-order valence-corrected chi connectivity index (χ1v) is 8.47. The molecule has 1 aliphatic rings. The standard InChI is InChI=1S/C11H22O4Si/c1-11(2,3)16(5,6)14-7-8-9(15-8)10(12)13-4/h8-9H,7H2,1-6H3/t8-,9-/m1/s1. The third-order valence-corrected chi connectivity index (χ3v) is 7.93. The van der Waals surface area contributed by atoms with Crippen LogP contribution in [-0.2, 0) is 18.7 Å². The van der Waals surface area contributed by atoms with Crippen molar-refractivity contribution >= 4 is 14.3 Å². The lowest BCUT2D eigenvalue weighted by molar-refractivity contribution is -0.142. The van der Waals surface area contributed by atoms with E-state index in [-0.39, 0.29) is 17.1 Å². The first-order valence-electron chi connectivity index (χ1n) is 5.56. The van der Waals surface area contributed by atoms with Gasteiger partial charge in [0.05, 0.1) is 13.7 Å². The molecule has 0 saturated carbocycles. The van der Waals surface area contributed by atoms with E-state index in [1.807, 2.05) is 0 Å². The van der Waals surface area contributed by atoms with Crippen LogP contribution >= 0.6 is 0 Å². The molecule has 0 aromatic carbocycles. The second-order valence-corrected chi connectivity index (χ2v) is 10.5. The van der Waals surface area contributed by atoms with Crippen molar-refractivity contribution in [3.63, 3.8) is 0 Å². The lowest BCUT2D eigenvalue weighted by Gasteiger charge is -2.35. The molecule has 0 unspecified atom stereocenters. The number of methoxy groups -OCH3 is 1. The Morgan fingerprint density at radius 3 is 2.38 bits per heavy atom. The smallest absolute Gasteiger partial charge is 0.337 e. The number of carbonyl (C=O) groups excluding carboxylic acids is 1. The van der Waals surface area contributed by atoms with E-state index in [9.17, 15) is 4.79 Å². The Morgan fingerprint density at radius 1 is 1.38 bits per heavy atom. The van der Waals surface area contributed by atoms with Crippen LogP contribution in [0.25, 0.3) is 0 Å². The molecule has 0 bridgehead atoms. The van der Waals surface area contributed by atoms with Crippen molar-refractivity contribution in [2.45, 2.75) is 51.1 Å². The van der Waals surface area contributed by atoms with Crippen LogP contribution in [-0.4, -0.2) is 40.2 Å². The van der Waals surface area contributed by atoms with Gasteiger partial charge in [-0.25, -0.2) is 4.79 Å². The summed E-state index contributed by atoms with van der Waals surface area (Å²) in [5, 5.41) is 0.183. The zero-order valence-electron chi connectivity index (χ0n) is 11.0. The fourth-order valence-corrected chi connectivity index (χ4v) is 2.11. The molecule has 1 heterocycles. The average Bonchev–Trinajstić information content (AvgIpc) is 2.91. The first-order chi connectivity index (χ1) is 7.19. The number of esters is 1. The van der Waals surface area contributed by atoms with Gasteiger partial charge < -0.3 is 13.9 Å². The summed E-state index contributed by atoms with van der Waals surface area (Å²) in [6.45, 7) is 11.4. The van der Waals surface area contributed by atoms with Crippen molar-refractivity contribution in [1.29, 1.82) is 0 Å². The molecular formula is C11H22O4Si. The van der Waals surface area contributed by atoms with E-state index in [4.69, 9.17) is 9.16 Å². The quantitative estimate of drug-likeness (QED) is 0.432. The zero-order chi connectivity index (χ0) is 12.6. The van der Waals surface area contributed by atoms with Gasteiger partial charge in [-0.1, -0.05) is 20.8 Å². The van der Waals surface area contributed by atoms with Gasteiger partial charge in [0, 0.05) is 0 Å². The Balaban J connectivity index is 2.35. The number of hydrogen-bond acceptors (Lipinski definition) is 4. The summed E-state index contributed by atoms with van der Waals surface area (Å²) in [6.07, 6.45) is -0.517. The minimum absolute atomic E-state index is 0.110. The Morgan fingerprint density at radius 2 is 1.94 bits per heavy atom. The summed E-state index contributed by atoms with van der Waals surface area (Å²) in [7, 11) is -0.364. The Labute approximate surface area is 98.4 Å². The van der Waals surface area contributed by atoms with E-state index < -0.39 is 14.4 Å². The van der Waals surface area contributed by atoms with Gasteiger partial charge in [0.15, 0.2) is 14.4 Å². The summed E-state index contributed by atoms with van der Waals surface area (Å²) >= 11 is 0. The molecule has 4 nitrogen and oxygen atoms in total. The average molecular weight is 246 g/mol. The molecular weight excluding hydrogens is 224 g/mol. The minimum atomic E-state index is -1.73. The van der Waals surface area contributed by atoms with Crippen molar-refractivity contribution in [3.8, 4) is 0 Å². The molecule has 1 fully saturated rings. The van der Waals surface area contributed by atoms with Crippen LogP contribution in [0.5, 0.6) is 0 Å². The summed E-state index contributed by atoms with van der Waals surface area (Å²) in [5.74, 6) is -0.302. The SMILES string of the molecule is COC(=O)[C@@H]1O[C@@H]1CO[Si](C)(C)C(C)(C)C. The highest BCUT2D eigenvalue weighted by Crippen LogP contribution is 2.37. The number of carbonyl (C=O) groups is 1. The van der Waals surface area contributed by atoms with Crippen molar-refractivity contribution in [2.24, 2.45) is 0 Å². The monoisotopic (exact) mass is 246 g/mol. The molecule has 1 aliphatic heterocycles. The predicted molar refractivity (Wildman–Crippen MR) is 63.8 cm³/mol. The van der Waals surface area contributed by atoms with Gasteiger partial charge in [-0.15, -0.1) is 0 Å². The molecule has 0 spiro atoms. The Kier molecular flexibility index (Phi) is 3.82. The van der Waals surface area contributed by atoms with Gasteiger partial charge in [-0.2, -0.15) is 0 Å². The summed E-state index contributed by atoms with van der Waals surface area (Å²) in [5.41, 5.74) is 0. The molecule has 5 heteroatoms. The molecule has 0 aliphatic carbocycles. The van der Waals surface area contributed by atoms with Crippen LogP contribution in [0.3, 0.4) is 0 Å². The van der Waals surface area contributed by atoms with Gasteiger partial charge >= 0.3 is 5.97 Å². The van der Waals surface area contributed by atoms with Crippen molar-refractivity contribution in [3.05, 3.63) is 0 Å². The van der Waals surface area contributed by atoms with E-state index in [0.717, 1.165) is 0 Å². The van der Waals surface area contributed by atoms with Crippen LogP contribution in [0.1, 0.15) is 20.8 Å². The lowest BCUT2D eigenvalue weighted by atomic mass is 10.2. The molecule has 0 aromatic heterocycles. The molecule has 16 heavy (non-hydrogen) atoms. The summed E-state index contributed by atoms with van der Waals surface area (Å²) in [4.78, 5) is 11.1. The van der Waals surface area contributed by atoms with Gasteiger partial charge in [0.2, 0.25) is 0 Å². The maximum absolute atomic E-state index is 11.1. The van der Waals surface area contributed by atoms with Crippen LogP contribution in [0.15, 0.2) is 0 Å². The van der Waals surface area contributed by atoms with Crippen molar-refractivity contribution in [1.82, 2.24) is 0 Å². The normalized spacial score (nSPS) is 25.4. The number of ether oxygens (including phenoxy) is 2. The van der Waals surface area contributed by atoms with Crippen LogP contribution in [0.2, 0.25) is 18.1 Å². The zero-order valence-corrected chi connectivity index (χ0v) is 12.0. The molecule has 1 saturated heterocycles. The maximum Gasteiger partial charge on any atom is 0.337 e. The number of rotatable bonds is 4. The molecule has 0 N–H and O–H groups in total. The molecule has 94 valence electrons. The largest absolute Gasteiger partial charge is 0.467 e. The maximum atomic E-state index is 11.1. The van der Waals surface area contributed by atoms with E-state index in [1.54, 1.807) is 0 Å². The molecule has 0 radical (unpaired) electrons. The van der Waals surface area contributed by atoms with E-state index in [2.05, 4.69) is 38.6 Å². The van der Waals surface area contributed by atoms with E-state index in [0.29, 0.717) is 6.61 Å². The van der Waals surface area contributed by atoms with Crippen LogP contribution in [0.4, 0.5) is 0 Å². The number of epoxide rings is 1. The highest BCUT2D eigenvalue weighted by atomic mass is 28.4. The summed E-state index contributed by atoms with van der Waals surface area (Å²) < 4.78 is 15.7. The van der Waals surface area contributed by atoms with Gasteiger partial charge in [-0.3, -0.25) is 0 Å². The highest BCUT2D eigenvalue weighted by molar-refractivity contribution is 6.74. The van der Waals surface area contributed by atoms with E-state index in [1.165, 1.54) is 7.11 Å². The van der Waals surface area contributed by atoms with Crippen LogP contribution < -0.4 is 0 Å². The van der Waals surface area contributed by atoms with Crippen molar-refractivity contribution < 1.29 is 18.7 Å². The molecule has 0 aromatic rings. The lowest BCUT2D eigenvalue weighted by Crippen LogP contribution is -2.41. The molecule has 2 atom stereocenters. The minimum Gasteiger partial charge on any atom is -0.467 e. The van der Waals surface area contributed by atoms with Gasteiger partial charge in [0.25, 0.3) is 0 Å². The second-order valence-electron chi connectivity index (χ2n) is 5.69. The molecule has 1 rings (SSSR count).